The van der Waals surface area contributed by atoms with Gasteiger partial charge in [-0.05, 0) is 32.9 Å². The molecule has 1 aliphatic carbocycles. The van der Waals surface area contributed by atoms with Gasteiger partial charge in [-0.3, -0.25) is 9.69 Å². The Balaban J connectivity index is 2.38. The second kappa shape index (κ2) is 4.58. The Morgan fingerprint density at radius 1 is 1.69 bits per heavy atom. The maximum atomic E-state index is 10.9. The molecular weight excluding hydrogens is 168 g/mol. The monoisotopic (exact) mass is 186 g/mol. The third kappa shape index (κ3) is 2.97. The molecular formula is C9H18N2O2. The molecule has 0 saturated heterocycles. The molecule has 0 aromatic heterocycles. The highest BCUT2D eigenvalue weighted by molar-refractivity contribution is 5.74. The van der Waals surface area contributed by atoms with E-state index in [1.807, 2.05) is 19.0 Å². The number of rotatable bonds is 6. The minimum absolute atomic E-state index is 0.270. The second-order valence-electron chi connectivity index (χ2n) is 3.70. The van der Waals surface area contributed by atoms with Crippen molar-refractivity contribution in [2.24, 2.45) is 5.92 Å². The zero-order valence-corrected chi connectivity index (χ0v) is 8.29. The van der Waals surface area contributed by atoms with Crippen LogP contribution in [0.3, 0.4) is 0 Å². The molecule has 0 bridgehead atoms. The van der Waals surface area contributed by atoms with Crippen LogP contribution in [0.15, 0.2) is 0 Å². The largest absolute Gasteiger partial charge is 0.480 e. The minimum Gasteiger partial charge on any atom is -0.480 e. The van der Waals surface area contributed by atoms with Crippen LogP contribution < -0.4 is 5.32 Å². The first-order chi connectivity index (χ1) is 6.16. The van der Waals surface area contributed by atoms with Gasteiger partial charge in [0, 0.05) is 13.1 Å². The van der Waals surface area contributed by atoms with Gasteiger partial charge in [-0.15, -0.1) is 0 Å². The van der Waals surface area contributed by atoms with E-state index in [0.717, 1.165) is 25.9 Å². The van der Waals surface area contributed by atoms with Crippen molar-refractivity contribution in [3.8, 4) is 0 Å². The third-order valence-electron chi connectivity index (χ3n) is 2.51. The highest BCUT2D eigenvalue weighted by Crippen LogP contribution is 2.34. The van der Waals surface area contributed by atoms with Gasteiger partial charge >= 0.3 is 5.97 Å². The van der Waals surface area contributed by atoms with Crippen LogP contribution in [0.5, 0.6) is 0 Å². The van der Waals surface area contributed by atoms with Crippen molar-refractivity contribution in [3.63, 3.8) is 0 Å². The number of likely N-dealkylation sites (N-methyl/N-ethyl adjacent to an activating group) is 2. The van der Waals surface area contributed by atoms with Gasteiger partial charge in [-0.2, -0.15) is 0 Å². The number of carboxylic acids is 1. The Labute approximate surface area is 78.9 Å². The van der Waals surface area contributed by atoms with E-state index in [9.17, 15) is 4.79 Å². The quantitative estimate of drug-likeness (QED) is 0.613. The van der Waals surface area contributed by atoms with Gasteiger partial charge < -0.3 is 10.4 Å². The number of aliphatic carboxylic acids is 1. The van der Waals surface area contributed by atoms with Crippen LogP contribution in [0.1, 0.15) is 12.8 Å². The Kier molecular flexibility index (Phi) is 3.69. The number of nitrogens with zero attached hydrogens (tertiary/aromatic N) is 1. The standard InChI is InChI=1S/C9H18N2O2/c1-10-5-6-11(2)8(9(12)13)7-3-4-7/h7-8,10H,3-6H2,1-2H3,(H,12,13). The van der Waals surface area contributed by atoms with Crippen molar-refractivity contribution >= 4 is 5.97 Å². The summed E-state index contributed by atoms with van der Waals surface area (Å²) in [6, 6.07) is -0.270. The molecule has 4 nitrogen and oxygen atoms in total. The van der Waals surface area contributed by atoms with Crippen molar-refractivity contribution in [1.29, 1.82) is 0 Å². The Morgan fingerprint density at radius 3 is 2.69 bits per heavy atom. The fourth-order valence-electron chi connectivity index (χ4n) is 1.59. The molecule has 1 fully saturated rings. The van der Waals surface area contributed by atoms with Crippen LogP contribution in [-0.2, 0) is 4.79 Å². The molecule has 0 spiro atoms. The van der Waals surface area contributed by atoms with E-state index in [4.69, 9.17) is 5.11 Å². The van der Waals surface area contributed by atoms with Gasteiger partial charge in [0.1, 0.15) is 6.04 Å². The van der Waals surface area contributed by atoms with Crippen molar-refractivity contribution in [1.82, 2.24) is 10.2 Å². The smallest absolute Gasteiger partial charge is 0.321 e. The van der Waals surface area contributed by atoms with E-state index in [1.165, 1.54) is 0 Å². The lowest BCUT2D eigenvalue weighted by Gasteiger charge is -2.24. The maximum absolute atomic E-state index is 10.9. The van der Waals surface area contributed by atoms with Gasteiger partial charge in [0.25, 0.3) is 0 Å². The topological polar surface area (TPSA) is 52.6 Å². The van der Waals surface area contributed by atoms with Crippen LogP contribution in [0.4, 0.5) is 0 Å². The van der Waals surface area contributed by atoms with Gasteiger partial charge in [0.05, 0.1) is 0 Å². The first-order valence-corrected chi connectivity index (χ1v) is 4.74. The van der Waals surface area contributed by atoms with E-state index in [-0.39, 0.29) is 6.04 Å². The molecule has 1 rings (SSSR count). The predicted molar refractivity (Wildman–Crippen MR) is 50.7 cm³/mol. The number of carbonyl (C=O) groups is 1. The summed E-state index contributed by atoms with van der Waals surface area (Å²) >= 11 is 0. The van der Waals surface area contributed by atoms with Gasteiger partial charge in [-0.25, -0.2) is 0 Å². The van der Waals surface area contributed by atoms with Gasteiger partial charge in [-0.1, -0.05) is 0 Å². The molecule has 0 amide bonds. The average Bonchev–Trinajstić information content (AvgIpc) is 2.84. The number of carboxylic acid groups (broad SMARTS) is 1. The van der Waals surface area contributed by atoms with Gasteiger partial charge in [0.15, 0.2) is 0 Å². The lowest BCUT2D eigenvalue weighted by molar-refractivity contribution is -0.143. The van der Waals surface area contributed by atoms with Crippen LogP contribution >= 0.6 is 0 Å². The molecule has 0 aromatic rings. The first-order valence-electron chi connectivity index (χ1n) is 4.74. The molecule has 0 aromatic carbocycles. The average molecular weight is 186 g/mol. The molecule has 1 aliphatic rings. The summed E-state index contributed by atoms with van der Waals surface area (Å²) in [5.74, 6) is -0.291. The van der Waals surface area contributed by atoms with E-state index in [1.54, 1.807) is 0 Å². The van der Waals surface area contributed by atoms with Crippen molar-refractivity contribution < 1.29 is 9.90 Å². The summed E-state index contributed by atoms with van der Waals surface area (Å²) in [7, 11) is 3.76. The summed E-state index contributed by atoms with van der Waals surface area (Å²) in [6.45, 7) is 1.64. The number of hydrogen-bond donors (Lipinski definition) is 2. The van der Waals surface area contributed by atoms with E-state index in [0.29, 0.717) is 5.92 Å². The van der Waals surface area contributed by atoms with Crippen molar-refractivity contribution in [2.45, 2.75) is 18.9 Å². The van der Waals surface area contributed by atoms with E-state index >= 15 is 0 Å². The molecule has 0 aliphatic heterocycles. The zero-order chi connectivity index (χ0) is 9.84. The third-order valence-corrected chi connectivity index (χ3v) is 2.51. The predicted octanol–water partition coefficient (Wildman–Crippen LogP) is 0.000800. The van der Waals surface area contributed by atoms with Crippen LogP contribution in [-0.4, -0.2) is 49.2 Å². The SMILES string of the molecule is CNCCN(C)C(C(=O)O)C1CC1. The first kappa shape index (κ1) is 10.5. The molecule has 1 unspecified atom stereocenters. The number of hydrogen-bond acceptors (Lipinski definition) is 3. The van der Waals surface area contributed by atoms with Gasteiger partial charge in [0.2, 0.25) is 0 Å². The van der Waals surface area contributed by atoms with Crippen molar-refractivity contribution in [3.05, 3.63) is 0 Å². The molecule has 0 heterocycles. The maximum Gasteiger partial charge on any atom is 0.321 e. The Morgan fingerprint density at radius 2 is 2.31 bits per heavy atom. The molecule has 2 N–H and O–H groups in total. The molecule has 1 atom stereocenters. The van der Waals surface area contributed by atoms with Crippen LogP contribution in [0.25, 0.3) is 0 Å². The highest BCUT2D eigenvalue weighted by Gasteiger charge is 2.38. The summed E-state index contributed by atoms with van der Waals surface area (Å²) < 4.78 is 0. The van der Waals surface area contributed by atoms with Crippen LogP contribution in [0, 0.1) is 5.92 Å². The van der Waals surface area contributed by atoms with E-state index in [2.05, 4.69) is 5.32 Å². The fourth-order valence-corrected chi connectivity index (χ4v) is 1.59. The highest BCUT2D eigenvalue weighted by atomic mass is 16.4. The van der Waals surface area contributed by atoms with Crippen LogP contribution in [0.2, 0.25) is 0 Å². The van der Waals surface area contributed by atoms with Crippen molar-refractivity contribution in [2.75, 3.05) is 27.2 Å². The molecule has 0 radical (unpaired) electrons. The Hall–Kier alpha value is -0.610. The summed E-state index contributed by atoms with van der Waals surface area (Å²) in [4.78, 5) is 12.9. The normalized spacial score (nSPS) is 19.0. The fraction of sp³-hybridized carbons (Fsp3) is 0.889. The van der Waals surface area contributed by atoms with E-state index < -0.39 is 5.97 Å². The summed E-state index contributed by atoms with van der Waals surface area (Å²) in [5, 5.41) is 12.0. The molecule has 4 heteroatoms. The number of nitrogens with one attached hydrogen (secondary N) is 1. The minimum atomic E-state index is -0.680. The molecule has 1 saturated carbocycles. The summed E-state index contributed by atoms with van der Waals surface area (Å²) in [5.41, 5.74) is 0. The lowest BCUT2D eigenvalue weighted by atomic mass is 10.1. The Bertz CT molecular complexity index is 180. The summed E-state index contributed by atoms with van der Waals surface area (Å²) in [6.07, 6.45) is 2.14. The second-order valence-corrected chi connectivity index (χ2v) is 3.70. The lowest BCUT2D eigenvalue weighted by Crippen LogP contribution is -2.42. The molecule has 13 heavy (non-hydrogen) atoms. The zero-order valence-electron chi connectivity index (χ0n) is 8.29. The molecule has 76 valence electrons.